The molecular formula is C21H21N3O2S. The number of nitrogens with zero attached hydrogens (tertiary/aromatic N) is 1. The molecule has 0 unspecified atom stereocenters. The van der Waals surface area contributed by atoms with Gasteiger partial charge in [-0.15, -0.1) is 11.3 Å². The van der Waals surface area contributed by atoms with Crippen LogP contribution in [0.3, 0.4) is 0 Å². The molecule has 5 nitrogen and oxygen atoms in total. The Bertz CT molecular complexity index is 957. The molecule has 2 aliphatic carbocycles. The number of rotatable bonds is 4. The Labute approximate surface area is 162 Å². The second-order valence-corrected chi connectivity index (χ2v) is 8.48. The quantitative estimate of drug-likeness (QED) is 0.829. The summed E-state index contributed by atoms with van der Waals surface area (Å²) in [5.41, 5.74) is 2.79. The summed E-state index contributed by atoms with van der Waals surface area (Å²) >= 11 is 1.51. The van der Waals surface area contributed by atoms with Gasteiger partial charge in [0.2, 0.25) is 5.91 Å². The molecule has 2 aliphatic rings. The first-order chi connectivity index (χ1) is 13.1. The summed E-state index contributed by atoms with van der Waals surface area (Å²) in [5.74, 6) is 0.266. The molecule has 6 heteroatoms. The summed E-state index contributed by atoms with van der Waals surface area (Å²) in [5, 5.41) is 16.0. The topological polar surface area (TPSA) is 82.0 Å². The average Bonchev–Trinajstić information content (AvgIpc) is 3.30. The molecule has 1 heterocycles. The maximum absolute atomic E-state index is 12.7. The van der Waals surface area contributed by atoms with Crippen LogP contribution in [0.4, 0.5) is 10.7 Å². The number of hydrogen-bond donors (Lipinski definition) is 2. The molecule has 1 aromatic heterocycles. The Morgan fingerprint density at radius 1 is 1.22 bits per heavy atom. The summed E-state index contributed by atoms with van der Waals surface area (Å²) < 4.78 is 0. The fraction of sp³-hybridized carbons (Fsp3) is 0.381. The summed E-state index contributed by atoms with van der Waals surface area (Å²) in [6, 6.07) is 9.19. The van der Waals surface area contributed by atoms with Crippen molar-refractivity contribution in [2.24, 2.45) is 11.8 Å². The van der Waals surface area contributed by atoms with E-state index in [4.69, 9.17) is 0 Å². The normalized spacial score (nSPS) is 20.3. The Morgan fingerprint density at radius 2 is 2.00 bits per heavy atom. The molecule has 2 N–H and O–H groups in total. The van der Waals surface area contributed by atoms with Gasteiger partial charge < -0.3 is 10.6 Å². The maximum Gasteiger partial charge on any atom is 0.256 e. The van der Waals surface area contributed by atoms with Crippen LogP contribution in [0, 0.1) is 23.2 Å². The molecule has 1 fully saturated rings. The molecule has 2 atom stereocenters. The van der Waals surface area contributed by atoms with Gasteiger partial charge in [-0.1, -0.05) is 13.0 Å². The van der Waals surface area contributed by atoms with Gasteiger partial charge in [0.15, 0.2) is 0 Å². The Balaban J connectivity index is 1.50. The summed E-state index contributed by atoms with van der Waals surface area (Å²) in [7, 11) is 0. The number of benzene rings is 1. The van der Waals surface area contributed by atoms with Gasteiger partial charge in [0, 0.05) is 22.0 Å². The van der Waals surface area contributed by atoms with Crippen molar-refractivity contribution in [1.82, 2.24) is 0 Å². The molecule has 0 bridgehead atoms. The fourth-order valence-corrected chi connectivity index (χ4v) is 4.84. The van der Waals surface area contributed by atoms with E-state index in [9.17, 15) is 14.9 Å². The molecule has 0 spiro atoms. The second kappa shape index (κ2) is 7.16. The maximum atomic E-state index is 12.7. The van der Waals surface area contributed by atoms with Crippen molar-refractivity contribution in [2.75, 3.05) is 10.6 Å². The van der Waals surface area contributed by atoms with E-state index in [1.165, 1.54) is 16.2 Å². The summed E-state index contributed by atoms with van der Waals surface area (Å²) in [4.78, 5) is 26.0. The number of carbonyl (C=O) groups excluding carboxylic acids is 2. The SMILES string of the molecule is C[C@@H]1C[C@@H]1C(=O)Nc1cccc(C(=O)Nc2sc3c(c2C#N)CCCC3)c1. The molecule has 4 rings (SSSR count). The van der Waals surface area contributed by atoms with Crippen LogP contribution in [0.1, 0.15) is 52.5 Å². The van der Waals surface area contributed by atoms with Crippen molar-refractivity contribution < 1.29 is 9.59 Å². The van der Waals surface area contributed by atoms with Crippen LogP contribution in [0.2, 0.25) is 0 Å². The van der Waals surface area contributed by atoms with Crippen LogP contribution in [0.5, 0.6) is 0 Å². The lowest BCUT2D eigenvalue weighted by Gasteiger charge is -2.09. The van der Waals surface area contributed by atoms with Crippen molar-refractivity contribution in [3.63, 3.8) is 0 Å². The Kier molecular flexibility index (Phi) is 4.71. The van der Waals surface area contributed by atoms with Crippen molar-refractivity contribution >= 4 is 33.8 Å². The first kappa shape index (κ1) is 17.7. The number of thiophene rings is 1. The van der Waals surface area contributed by atoms with E-state index in [2.05, 4.69) is 23.6 Å². The number of nitriles is 1. The molecule has 0 saturated heterocycles. The molecule has 2 amide bonds. The van der Waals surface area contributed by atoms with Crippen LogP contribution in [0.25, 0.3) is 0 Å². The van der Waals surface area contributed by atoms with Gasteiger partial charge in [-0.05, 0) is 61.8 Å². The van der Waals surface area contributed by atoms with Crippen molar-refractivity contribution in [2.45, 2.75) is 39.0 Å². The third-order valence-electron chi connectivity index (χ3n) is 5.35. The number of fused-ring (bicyclic) bond motifs is 1. The lowest BCUT2D eigenvalue weighted by Crippen LogP contribution is -2.16. The smallest absolute Gasteiger partial charge is 0.256 e. The standard InChI is InChI=1S/C21H21N3O2S/c1-12-9-16(12)20(26)23-14-6-4-5-13(10-14)19(25)24-21-17(11-22)15-7-2-3-8-18(15)27-21/h4-6,10,12,16H,2-3,7-9H2,1H3,(H,23,26)(H,24,25)/t12-,16+/m1/s1. The largest absolute Gasteiger partial charge is 0.326 e. The third-order valence-corrected chi connectivity index (χ3v) is 6.56. The number of carbonyl (C=O) groups is 2. The van der Waals surface area contributed by atoms with Crippen molar-refractivity contribution in [3.8, 4) is 6.07 Å². The van der Waals surface area contributed by atoms with E-state index in [0.717, 1.165) is 37.7 Å². The van der Waals surface area contributed by atoms with Gasteiger partial charge in [-0.3, -0.25) is 9.59 Å². The average molecular weight is 379 g/mol. The first-order valence-electron chi connectivity index (χ1n) is 9.33. The van der Waals surface area contributed by atoms with Crippen LogP contribution in [-0.2, 0) is 17.6 Å². The predicted molar refractivity (Wildman–Crippen MR) is 106 cm³/mol. The van der Waals surface area contributed by atoms with Gasteiger partial charge in [0.05, 0.1) is 5.56 Å². The van der Waals surface area contributed by atoms with E-state index in [1.54, 1.807) is 24.3 Å². The number of nitrogens with one attached hydrogen (secondary N) is 2. The minimum atomic E-state index is -0.263. The summed E-state index contributed by atoms with van der Waals surface area (Å²) in [6.07, 6.45) is 5.03. The molecular weight excluding hydrogens is 358 g/mol. The molecule has 0 radical (unpaired) electrons. The Hall–Kier alpha value is -2.65. The van der Waals surface area contributed by atoms with Crippen LogP contribution in [0.15, 0.2) is 24.3 Å². The third kappa shape index (κ3) is 3.60. The van der Waals surface area contributed by atoms with E-state index < -0.39 is 0 Å². The minimum Gasteiger partial charge on any atom is -0.326 e. The van der Waals surface area contributed by atoms with E-state index in [-0.39, 0.29) is 17.7 Å². The highest BCUT2D eigenvalue weighted by molar-refractivity contribution is 7.16. The molecule has 1 aromatic carbocycles. The molecule has 2 aromatic rings. The monoisotopic (exact) mass is 379 g/mol. The molecule has 27 heavy (non-hydrogen) atoms. The molecule has 138 valence electrons. The zero-order valence-electron chi connectivity index (χ0n) is 15.2. The number of aryl methyl sites for hydroxylation is 1. The van der Waals surface area contributed by atoms with Crippen LogP contribution >= 0.6 is 11.3 Å². The van der Waals surface area contributed by atoms with E-state index >= 15 is 0 Å². The van der Waals surface area contributed by atoms with Crippen molar-refractivity contribution in [1.29, 1.82) is 5.26 Å². The second-order valence-electron chi connectivity index (χ2n) is 7.37. The zero-order valence-corrected chi connectivity index (χ0v) is 16.0. The molecule has 0 aliphatic heterocycles. The first-order valence-corrected chi connectivity index (χ1v) is 10.2. The Morgan fingerprint density at radius 3 is 2.74 bits per heavy atom. The fourth-order valence-electron chi connectivity index (χ4n) is 3.61. The zero-order chi connectivity index (χ0) is 19.0. The number of hydrogen-bond acceptors (Lipinski definition) is 4. The predicted octanol–water partition coefficient (Wildman–Crippen LogP) is 4.35. The summed E-state index contributed by atoms with van der Waals surface area (Å²) in [6.45, 7) is 2.06. The van der Waals surface area contributed by atoms with Crippen LogP contribution < -0.4 is 10.6 Å². The number of anilines is 2. The number of amides is 2. The van der Waals surface area contributed by atoms with Gasteiger partial charge in [0.25, 0.3) is 5.91 Å². The van der Waals surface area contributed by atoms with Gasteiger partial charge in [0.1, 0.15) is 11.1 Å². The highest BCUT2D eigenvalue weighted by Crippen LogP contribution is 2.39. The lowest BCUT2D eigenvalue weighted by atomic mass is 9.96. The highest BCUT2D eigenvalue weighted by atomic mass is 32.1. The van der Waals surface area contributed by atoms with E-state index in [0.29, 0.717) is 27.7 Å². The highest BCUT2D eigenvalue weighted by Gasteiger charge is 2.39. The van der Waals surface area contributed by atoms with Gasteiger partial charge in [-0.2, -0.15) is 5.26 Å². The minimum absolute atomic E-state index is 0.0118. The molecule has 1 saturated carbocycles. The van der Waals surface area contributed by atoms with Crippen molar-refractivity contribution in [3.05, 3.63) is 45.8 Å². The lowest BCUT2D eigenvalue weighted by molar-refractivity contribution is -0.117. The van der Waals surface area contributed by atoms with Gasteiger partial charge >= 0.3 is 0 Å². The van der Waals surface area contributed by atoms with E-state index in [1.807, 2.05) is 0 Å². The van der Waals surface area contributed by atoms with Crippen LogP contribution in [-0.4, -0.2) is 11.8 Å². The van der Waals surface area contributed by atoms with Gasteiger partial charge in [-0.25, -0.2) is 0 Å².